The molecule has 0 saturated carbocycles. The van der Waals surface area contributed by atoms with Crippen LogP contribution in [-0.2, 0) is 4.79 Å². The summed E-state index contributed by atoms with van der Waals surface area (Å²) in [5.74, 6) is -0.717. The summed E-state index contributed by atoms with van der Waals surface area (Å²) >= 11 is 0. The van der Waals surface area contributed by atoms with Crippen molar-refractivity contribution in [2.75, 3.05) is 13.1 Å². The van der Waals surface area contributed by atoms with Gasteiger partial charge in [-0.05, 0) is 31.8 Å². The fraction of sp³-hybridized carbons (Fsp3) is 0.909. The van der Waals surface area contributed by atoms with Gasteiger partial charge < -0.3 is 16.2 Å². The largest absolute Gasteiger partial charge is 0.480 e. The summed E-state index contributed by atoms with van der Waals surface area (Å²) in [5, 5.41) is 11.7. The first-order chi connectivity index (χ1) is 7.22. The van der Waals surface area contributed by atoms with Crippen molar-refractivity contribution in [3.63, 3.8) is 0 Å². The molecular formula is C11H26N2O2. The number of carboxylic acids is 1. The molecule has 4 nitrogen and oxygen atoms in total. The second-order valence-electron chi connectivity index (χ2n) is 2.95. The smallest absolute Gasteiger partial charge is 0.320 e. The van der Waals surface area contributed by atoms with Crippen molar-refractivity contribution in [2.24, 2.45) is 11.7 Å². The standard InChI is InChI=1S/C7H14N2O2.2C2H6/c8-6(7(10)11)5-1-3-9-4-2-5;2*1-2/h5-6,9H,1-4,8H2,(H,10,11);2*1-2H3. The predicted molar refractivity (Wildman–Crippen MR) is 63.9 cm³/mol. The van der Waals surface area contributed by atoms with Crippen LogP contribution >= 0.6 is 0 Å². The number of carbonyl (C=O) groups is 1. The average Bonchev–Trinajstić information content (AvgIpc) is 2.34. The lowest BCUT2D eigenvalue weighted by molar-refractivity contribution is -0.140. The fourth-order valence-electron chi connectivity index (χ4n) is 1.41. The van der Waals surface area contributed by atoms with Gasteiger partial charge in [0.25, 0.3) is 0 Å². The van der Waals surface area contributed by atoms with Crippen molar-refractivity contribution in [2.45, 2.75) is 46.6 Å². The highest BCUT2D eigenvalue weighted by Crippen LogP contribution is 2.14. The molecule has 4 N–H and O–H groups in total. The summed E-state index contributed by atoms with van der Waals surface area (Å²) in [7, 11) is 0. The van der Waals surface area contributed by atoms with Gasteiger partial charge in [-0.3, -0.25) is 4.79 Å². The average molecular weight is 218 g/mol. The van der Waals surface area contributed by atoms with E-state index in [-0.39, 0.29) is 5.92 Å². The second kappa shape index (κ2) is 11.5. The van der Waals surface area contributed by atoms with E-state index in [0.717, 1.165) is 25.9 Å². The normalized spacial score (nSPS) is 17.7. The third-order valence-electron chi connectivity index (χ3n) is 2.18. The second-order valence-corrected chi connectivity index (χ2v) is 2.95. The molecule has 1 aliphatic heterocycles. The minimum atomic E-state index is -0.878. The molecule has 0 aromatic carbocycles. The summed E-state index contributed by atoms with van der Waals surface area (Å²) in [4.78, 5) is 10.5. The number of nitrogens with two attached hydrogens (primary N) is 1. The lowest BCUT2D eigenvalue weighted by atomic mass is 9.91. The van der Waals surface area contributed by atoms with E-state index in [9.17, 15) is 4.79 Å². The Morgan fingerprint density at radius 2 is 1.67 bits per heavy atom. The zero-order valence-corrected chi connectivity index (χ0v) is 10.4. The molecule has 0 aromatic heterocycles. The van der Waals surface area contributed by atoms with E-state index in [1.54, 1.807) is 0 Å². The summed E-state index contributed by atoms with van der Waals surface area (Å²) in [6, 6.07) is -0.669. The molecule has 1 rings (SSSR count). The first-order valence-corrected chi connectivity index (χ1v) is 5.91. The molecule has 1 saturated heterocycles. The van der Waals surface area contributed by atoms with Gasteiger partial charge in [0.1, 0.15) is 6.04 Å². The molecule has 1 fully saturated rings. The minimum Gasteiger partial charge on any atom is -0.480 e. The van der Waals surface area contributed by atoms with Crippen LogP contribution in [0, 0.1) is 5.92 Å². The molecule has 0 aliphatic carbocycles. The number of nitrogens with one attached hydrogen (secondary N) is 1. The van der Waals surface area contributed by atoms with Crippen LogP contribution in [0.15, 0.2) is 0 Å². The molecule has 0 radical (unpaired) electrons. The summed E-state index contributed by atoms with van der Waals surface area (Å²) in [6.45, 7) is 9.79. The van der Waals surface area contributed by atoms with Crippen molar-refractivity contribution in [3.8, 4) is 0 Å². The van der Waals surface area contributed by atoms with Crippen LogP contribution in [-0.4, -0.2) is 30.2 Å². The fourth-order valence-corrected chi connectivity index (χ4v) is 1.41. The highest BCUT2D eigenvalue weighted by Gasteiger charge is 2.25. The topological polar surface area (TPSA) is 75.4 Å². The van der Waals surface area contributed by atoms with Gasteiger partial charge in [0.2, 0.25) is 0 Å². The quantitative estimate of drug-likeness (QED) is 0.656. The molecule has 1 heterocycles. The third-order valence-corrected chi connectivity index (χ3v) is 2.18. The van der Waals surface area contributed by atoms with Crippen molar-refractivity contribution in [3.05, 3.63) is 0 Å². The molecule has 4 heteroatoms. The molecule has 0 spiro atoms. The number of hydrogen-bond acceptors (Lipinski definition) is 3. The summed E-state index contributed by atoms with van der Waals surface area (Å²) in [6.07, 6.45) is 1.76. The van der Waals surface area contributed by atoms with E-state index in [2.05, 4.69) is 5.32 Å². The van der Waals surface area contributed by atoms with Gasteiger partial charge >= 0.3 is 5.97 Å². The monoisotopic (exact) mass is 218 g/mol. The first kappa shape index (κ1) is 16.8. The molecule has 1 unspecified atom stereocenters. The van der Waals surface area contributed by atoms with Gasteiger partial charge in [-0.25, -0.2) is 0 Å². The Hall–Kier alpha value is -0.610. The molecule has 1 atom stereocenters. The lowest BCUT2D eigenvalue weighted by Gasteiger charge is -2.25. The molecular weight excluding hydrogens is 192 g/mol. The molecule has 92 valence electrons. The van der Waals surface area contributed by atoms with Crippen LogP contribution in [0.2, 0.25) is 0 Å². The zero-order chi connectivity index (χ0) is 12.3. The van der Waals surface area contributed by atoms with Crippen molar-refractivity contribution < 1.29 is 9.90 Å². The van der Waals surface area contributed by atoms with Gasteiger partial charge in [-0.15, -0.1) is 0 Å². The van der Waals surface area contributed by atoms with E-state index in [1.165, 1.54) is 0 Å². The SMILES string of the molecule is CC.CC.NC(C(=O)O)C1CCNCC1. The summed E-state index contributed by atoms with van der Waals surface area (Å²) < 4.78 is 0. The molecule has 15 heavy (non-hydrogen) atoms. The Morgan fingerprint density at radius 3 is 2.00 bits per heavy atom. The molecule has 0 aromatic rings. The highest BCUT2D eigenvalue weighted by molar-refractivity contribution is 5.73. The molecule has 0 amide bonds. The van der Waals surface area contributed by atoms with Crippen LogP contribution in [0.3, 0.4) is 0 Å². The van der Waals surface area contributed by atoms with Crippen LogP contribution < -0.4 is 11.1 Å². The van der Waals surface area contributed by atoms with Crippen molar-refractivity contribution in [1.29, 1.82) is 0 Å². The van der Waals surface area contributed by atoms with E-state index in [4.69, 9.17) is 10.8 Å². The van der Waals surface area contributed by atoms with Crippen LogP contribution in [0.25, 0.3) is 0 Å². The Balaban J connectivity index is 0. The Kier molecular flexibility index (Phi) is 12.8. The maximum absolute atomic E-state index is 10.5. The maximum Gasteiger partial charge on any atom is 0.320 e. The van der Waals surface area contributed by atoms with E-state index in [1.807, 2.05) is 27.7 Å². The molecule has 1 aliphatic rings. The minimum absolute atomic E-state index is 0.161. The summed E-state index contributed by atoms with van der Waals surface area (Å²) in [5.41, 5.74) is 5.46. The van der Waals surface area contributed by atoms with Gasteiger partial charge in [-0.1, -0.05) is 27.7 Å². The van der Waals surface area contributed by atoms with Crippen LogP contribution in [0.1, 0.15) is 40.5 Å². The predicted octanol–water partition coefficient (Wildman–Crippen LogP) is 1.45. The lowest BCUT2D eigenvalue weighted by Crippen LogP contribution is -2.43. The van der Waals surface area contributed by atoms with Gasteiger partial charge in [-0.2, -0.15) is 0 Å². The highest BCUT2D eigenvalue weighted by atomic mass is 16.4. The first-order valence-electron chi connectivity index (χ1n) is 5.91. The Bertz CT molecular complexity index is 146. The number of carboxylic acid groups (broad SMARTS) is 1. The van der Waals surface area contributed by atoms with Gasteiger partial charge in [0, 0.05) is 0 Å². The van der Waals surface area contributed by atoms with E-state index >= 15 is 0 Å². The number of piperidine rings is 1. The van der Waals surface area contributed by atoms with Crippen molar-refractivity contribution >= 4 is 5.97 Å². The number of hydrogen-bond donors (Lipinski definition) is 3. The van der Waals surface area contributed by atoms with Gasteiger partial charge in [0.05, 0.1) is 0 Å². The molecule has 0 bridgehead atoms. The number of aliphatic carboxylic acids is 1. The Labute approximate surface area is 93.2 Å². The third kappa shape index (κ3) is 7.33. The van der Waals surface area contributed by atoms with E-state index in [0.29, 0.717) is 0 Å². The maximum atomic E-state index is 10.5. The van der Waals surface area contributed by atoms with Crippen molar-refractivity contribution in [1.82, 2.24) is 5.32 Å². The van der Waals surface area contributed by atoms with Crippen LogP contribution in [0.5, 0.6) is 0 Å². The Morgan fingerprint density at radius 1 is 1.27 bits per heavy atom. The number of rotatable bonds is 2. The van der Waals surface area contributed by atoms with E-state index < -0.39 is 12.0 Å². The van der Waals surface area contributed by atoms with Crippen LogP contribution in [0.4, 0.5) is 0 Å². The van der Waals surface area contributed by atoms with Gasteiger partial charge in [0.15, 0.2) is 0 Å². The zero-order valence-electron chi connectivity index (χ0n) is 10.4.